The summed E-state index contributed by atoms with van der Waals surface area (Å²) in [6, 6.07) is 4.22. The summed E-state index contributed by atoms with van der Waals surface area (Å²) >= 11 is 0. The Hall–Kier alpha value is -2.31. The third kappa shape index (κ3) is 2.88. The molecule has 1 aliphatic rings. The van der Waals surface area contributed by atoms with E-state index in [9.17, 15) is 13.6 Å². The van der Waals surface area contributed by atoms with Crippen molar-refractivity contribution < 1.29 is 28.2 Å². The normalized spacial score (nSPS) is 15.9. The summed E-state index contributed by atoms with van der Waals surface area (Å²) in [5.41, 5.74) is 0.519. The van der Waals surface area contributed by atoms with Crippen molar-refractivity contribution in [3.8, 4) is 11.5 Å². The second-order valence-electron chi connectivity index (χ2n) is 3.45. The highest BCUT2D eigenvalue weighted by atomic mass is 19.3. The highest BCUT2D eigenvalue weighted by Gasteiger charge is 2.43. The molecule has 0 saturated carbocycles. The van der Waals surface area contributed by atoms with E-state index in [4.69, 9.17) is 5.11 Å². The largest absolute Gasteiger partial charge is 0.586 e. The molecule has 96 valence electrons. The lowest BCUT2D eigenvalue weighted by molar-refractivity contribution is -0.286. The van der Waals surface area contributed by atoms with E-state index in [1.165, 1.54) is 24.3 Å². The molecular formula is C11H9F2NO4. The van der Waals surface area contributed by atoms with Crippen LogP contribution in [0.15, 0.2) is 30.4 Å². The van der Waals surface area contributed by atoms with Crippen LogP contribution in [0.4, 0.5) is 14.5 Å². The summed E-state index contributed by atoms with van der Waals surface area (Å²) in [5, 5.41) is 11.2. The Labute approximate surface area is 101 Å². The monoisotopic (exact) mass is 257 g/mol. The molecule has 0 aliphatic carbocycles. The van der Waals surface area contributed by atoms with Crippen LogP contribution >= 0.6 is 0 Å². The first-order chi connectivity index (χ1) is 8.46. The number of rotatable bonds is 4. The van der Waals surface area contributed by atoms with E-state index < -0.39 is 12.3 Å². The molecule has 0 radical (unpaired) electrons. The number of carboxylic acid groups (broad SMARTS) is 1. The quantitative estimate of drug-likeness (QED) is 0.808. The average molecular weight is 257 g/mol. The lowest BCUT2D eigenvalue weighted by Crippen LogP contribution is -2.25. The van der Waals surface area contributed by atoms with Crippen LogP contribution in [0.1, 0.15) is 0 Å². The maximum atomic E-state index is 12.7. The van der Waals surface area contributed by atoms with Gasteiger partial charge in [-0.1, -0.05) is 6.08 Å². The van der Waals surface area contributed by atoms with Crippen LogP contribution in [-0.4, -0.2) is 23.9 Å². The molecule has 0 unspecified atom stereocenters. The summed E-state index contributed by atoms with van der Waals surface area (Å²) in [6.07, 6.45) is -1.26. The van der Waals surface area contributed by atoms with Crippen LogP contribution in [0.5, 0.6) is 11.5 Å². The van der Waals surface area contributed by atoms with Crippen molar-refractivity contribution in [2.24, 2.45) is 0 Å². The molecule has 0 bridgehead atoms. The number of aliphatic carboxylic acids is 1. The summed E-state index contributed by atoms with van der Waals surface area (Å²) in [5.74, 6) is -1.15. The molecule has 0 aromatic heterocycles. The summed E-state index contributed by atoms with van der Waals surface area (Å²) in [7, 11) is 0. The molecule has 0 fully saturated rings. The van der Waals surface area contributed by atoms with E-state index in [2.05, 4.69) is 14.8 Å². The van der Waals surface area contributed by atoms with Gasteiger partial charge in [-0.2, -0.15) is 0 Å². The third-order valence-corrected chi connectivity index (χ3v) is 2.09. The number of nitrogens with one attached hydrogen (secondary N) is 1. The minimum atomic E-state index is -3.63. The minimum absolute atomic E-state index is 0.0355. The molecule has 0 saturated heterocycles. The topological polar surface area (TPSA) is 67.8 Å². The van der Waals surface area contributed by atoms with E-state index in [0.717, 1.165) is 6.08 Å². The van der Waals surface area contributed by atoms with E-state index >= 15 is 0 Å². The Morgan fingerprint density at radius 2 is 2.11 bits per heavy atom. The molecule has 2 rings (SSSR count). The predicted octanol–water partition coefficient (Wildman–Crippen LogP) is 2.06. The number of alkyl halides is 2. The van der Waals surface area contributed by atoms with Crippen molar-refractivity contribution in [1.29, 1.82) is 0 Å². The average Bonchev–Trinajstić information content (AvgIpc) is 2.57. The van der Waals surface area contributed by atoms with Gasteiger partial charge in [-0.3, -0.25) is 0 Å². The van der Waals surface area contributed by atoms with Gasteiger partial charge in [-0.25, -0.2) is 4.79 Å². The standard InChI is InChI=1S/C11H9F2NO4/c12-11(13)17-8-4-3-7(6-9(8)18-11)14-5-1-2-10(15)16/h1-4,6,14H,5H2,(H,15,16)/b2-1+. The second kappa shape index (κ2) is 4.52. The molecular weight excluding hydrogens is 248 g/mol. The Morgan fingerprint density at radius 1 is 1.39 bits per heavy atom. The highest BCUT2D eigenvalue weighted by Crippen LogP contribution is 2.42. The SMILES string of the molecule is O=C(O)/C=C/CNc1ccc2c(c1)OC(F)(F)O2. The van der Waals surface area contributed by atoms with E-state index in [1.807, 2.05) is 0 Å². The van der Waals surface area contributed by atoms with Crippen molar-refractivity contribution in [2.45, 2.75) is 6.29 Å². The maximum absolute atomic E-state index is 12.7. The molecule has 0 amide bonds. The summed E-state index contributed by atoms with van der Waals surface area (Å²) in [6.45, 7) is 0.252. The first kappa shape index (κ1) is 12.2. The number of halogens is 2. The fraction of sp³-hybridized carbons (Fsp3) is 0.182. The number of carbonyl (C=O) groups is 1. The van der Waals surface area contributed by atoms with Gasteiger partial charge in [0.2, 0.25) is 0 Å². The molecule has 5 nitrogen and oxygen atoms in total. The van der Waals surface area contributed by atoms with Crippen molar-refractivity contribution in [1.82, 2.24) is 0 Å². The number of carboxylic acids is 1. The number of benzene rings is 1. The first-order valence-electron chi connectivity index (χ1n) is 4.99. The molecule has 1 aromatic carbocycles. The molecule has 0 atom stereocenters. The van der Waals surface area contributed by atoms with Crippen LogP contribution in [0, 0.1) is 0 Å². The van der Waals surface area contributed by atoms with Crippen molar-refractivity contribution in [3.63, 3.8) is 0 Å². The number of fused-ring (bicyclic) bond motifs is 1. The van der Waals surface area contributed by atoms with Crippen LogP contribution in [0.25, 0.3) is 0 Å². The first-order valence-corrected chi connectivity index (χ1v) is 4.99. The van der Waals surface area contributed by atoms with Gasteiger partial charge in [-0.05, 0) is 12.1 Å². The smallest absolute Gasteiger partial charge is 0.478 e. The van der Waals surface area contributed by atoms with Gasteiger partial charge in [-0.15, -0.1) is 8.78 Å². The van der Waals surface area contributed by atoms with Crippen LogP contribution in [-0.2, 0) is 4.79 Å². The Morgan fingerprint density at radius 3 is 2.83 bits per heavy atom. The maximum Gasteiger partial charge on any atom is 0.586 e. The highest BCUT2D eigenvalue weighted by molar-refractivity contribution is 5.79. The molecule has 2 N–H and O–H groups in total. The second-order valence-corrected chi connectivity index (χ2v) is 3.45. The molecule has 7 heteroatoms. The number of hydrogen-bond acceptors (Lipinski definition) is 4. The zero-order chi connectivity index (χ0) is 13.2. The van der Waals surface area contributed by atoms with E-state index in [1.54, 1.807) is 0 Å². The van der Waals surface area contributed by atoms with E-state index in [-0.39, 0.29) is 18.0 Å². The van der Waals surface area contributed by atoms with Crippen molar-refractivity contribution >= 4 is 11.7 Å². The van der Waals surface area contributed by atoms with Crippen molar-refractivity contribution in [2.75, 3.05) is 11.9 Å². The van der Waals surface area contributed by atoms with Crippen LogP contribution in [0.3, 0.4) is 0 Å². The van der Waals surface area contributed by atoms with E-state index in [0.29, 0.717) is 5.69 Å². The van der Waals surface area contributed by atoms with Crippen LogP contribution in [0.2, 0.25) is 0 Å². The predicted molar refractivity (Wildman–Crippen MR) is 57.9 cm³/mol. The van der Waals surface area contributed by atoms with Crippen molar-refractivity contribution in [3.05, 3.63) is 30.4 Å². The fourth-order valence-corrected chi connectivity index (χ4v) is 1.40. The van der Waals surface area contributed by atoms with Gasteiger partial charge in [0.15, 0.2) is 11.5 Å². The van der Waals surface area contributed by atoms with Gasteiger partial charge in [0.05, 0.1) is 0 Å². The zero-order valence-corrected chi connectivity index (χ0v) is 9.02. The Balaban J connectivity index is 1.99. The molecule has 18 heavy (non-hydrogen) atoms. The Kier molecular flexibility index (Phi) is 3.05. The van der Waals surface area contributed by atoms with Gasteiger partial charge in [0.25, 0.3) is 0 Å². The van der Waals surface area contributed by atoms with Gasteiger partial charge in [0.1, 0.15) is 0 Å². The summed E-state index contributed by atoms with van der Waals surface area (Å²) < 4.78 is 33.9. The van der Waals surface area contributed by atoms with Gasteiger partial charge < -0.3 is 19.9 Å². The van der Waals surface area contributed by atoms with Gasteiger partial charge in [0, 0.05) is 24.4 Å². The molecule has 0 spiro atoms. The molecule has 1 aliphatic heterocycles. The number of anilines is 1. The molecule has 1 heterocycles. The Bertz CT molecular complexity index is 502. The van der Waals surface area contributed by atoms with Gasteiger partial charge >= 0.3 is 12.3 Å². The fourth-order valence-electron chi connectivity index (χ4n) is 1.40. The zero-order valence-electron chi connectivity index (χ0n) is 9.02. The lowest BCUT2D eigenvalue weighted by atomic mass is 10.3. The number of hydrogen-bond donors (Lipinski definition) is 2. The lowest BCUT2D eigenvalue weighted by Gasteiger charge is -2.04. The minimum Gasteiger partial charge on any atom is -0.478 e. The third-order valence-electron chi connectivity index (χ3n) is 2.09. The number of ether oxygens (including phenoxy) is 2. The summed E-state index contributed by atoms with van der Waals surface area (Å²) in [4.78, 5) is 10.2. The molecule has 1 aromatic rings. The van der Waals surface area contributed by atoms with Crippen LogP contribution < -0.4 is 14.8 Å².